The van der Waals surface area contributed by atoms with E-state index in [1.807, 2.05) is 18.2 Å². The highest BCUT2D eigenvalue weighted by Gasteiger charge is 2.24. The molecule has 8 nitrogen and oxygen atoms in total. The first-order valence-electron chi connectivity index (χ1n) is 9.96. The molecule has 1 atom stereocenters. The SMILES string of the molecule is CS(=O)(=O)c1cn[nH]c1C[C@H]1CCCN(Cc2cccc(Oc3ncccn3)c2)C1. The average Bonchev–Trinajstić information content (AvgIpc) is 3.18. The number of aromatic nitrogens is 4. The van der Waals surface area contributed by atoms with Gasteiger partial charge >= 0.3 is 6.01 Å². The molecule has 1 aliphatic heterocycles. The summed E-state index contributed by atoms with van der Waals surface area (Å²) in [6.07, 6.45) is 8.78. The molecule has 3 aromatic rings. The first kappa shape index (κ1) is 20.5. The summed E-state index contributed by atoms with van der Waals surface area (Å²) in [4.78, 5) is 10.9. The van der Waals surface area contributed by atoms with Gasteiger partial charge in [0.15, 0.2) is 9.84 Å². The number of nitrogens with one attached hydrogen (secondary N) is 1. The number of piperidine rings is 1. The maximum Gasteiger partial charge on any atom is 0.321 e. The normalized spacial score (nSPS) is 17.7. The van der Waals surface area contributed by atoms with Crippen LogP contribution in [-0.4, -0.2) is 52.8 Å². The number of aromatic amines is 1. The third-order valence-corrected chi connectivity index (χ3v) is 6.38. The van der Waals surface area contributed by atoms with Crippen molar-refractivity contribution in [3.8, 4) is 11.8 Å². The Balaban J connectivity index is 1.39. The number of rotatable bonds is 7. The molecule has 3 heterocycles. The van der Waals surface area contributed by atoms with Gasteiger partial charge in [-0.1, -0.05) is 12.1 Å². The summed E-state index contributed by atoms with van der Waals surface area (Å²) in [5, 5.41) is 6.82. The van der Waals surface area contributed by atoms with Crippen LogP contribution in [0.15, 0.2) is 53.8 Å². The molecule has 4 rings (SSSR count). The van der Waals surface area contributed by atoms with Crippen molar-refractivity contribution in [1.82, 2.24) is 25.1 Å². The molecule has 1 aliphatic rings. The van der Waals surface area contributed by atoms with E-state index in [1.54, 1.807) is 18.5 Å². The maximum absolute atomic E-state index is 11.9. The first-order chi connectivity index (χ1) is 14.5. The molecule has 0 amide bonds. The summed E-state index contributed by atoms with van der Waals surface area (Å²) in [6, 6.07) is 10.0. The quantitative estimate of drug-likeness (QED) is 0.619. The minimum atomic E-state index is -3.27. The van der Waals surface area contributed by atoms with Gasteiger partial charge in [0.05, 0.1) is 11.9 Å². The first-order valence-corrected chi connectivity index (χ1v) is 11.8. The Bertz CT molecular complexity index is 1080. The zero-order valence-electron chi connectivity index (χ0n) is 16.9. The van der Waals surface area contributed by atoms with E-state index in [4.69, 9.17) is 4.74 Å². The van der Waals surface area contributed by atoms with Gasteiger partial charge in [-0.05, 0) is 55.5 Å². The van der Waals surface area contributed by atoms with Crippen LogP contribution in [0.5, 0.6) is 11.8 Å². The fourth-order valence-corrected chi connectivity index (χ4v) is 4.75. The van der Waals surface area contributed by atoms with Gasteiger partial charge in [-0.15, -0.1) is 0 Å². The second kappa shape index (κ2) is 8.93. The Morgan fingerprint density at radius 1 is 1.23 bits per heavy atom. The Labute approximate surface area is 176 Å². The topological polar surface area (TPSA) is 101 Å². The standard InChI is InChI=1S/C21H25N5O3S/c1-30(27,28)20-13-24-25-19(20)12-17-6-3-10-26(15-17)14-16-5-2-7-18(11-16)29-21-22-8-4-9-23-21/h2,4-5,7-9,11,13,17H,3,6,10,12,14-15H2,1H3,(H,24,25)/t17-/m1/s1. The number of nitrogens with zero attached hydrogens (tertiary/aromatic N) is 4. The van der Waals surface area contributed by atoms with E-state index < -0.39 is 9.84 Å². The number of likely N-dealkylation sites (tertiary alicyclic amines) is 1. The number of ether oxygens (including phenoxy) is 1. The van der Waals surface area contributed by atoms with Crippen molar-refractivity contribution < 1.29 is 13.2 Å². The lowest BCUT2D eigenvalue weighted by atomic mass is 9.93. The van der Waals surface area contributed by atoms with Gasteiger partial charge in [0.2, 0.25) is 0 Å². The van der Waals surface area contributed by atoms with Gasteiger partial charge in [-0.25, -0.2) is 18.4 Å². The minimum Gasteiger partial charge on any atom is -0.424 e. The summed E-state index contributed by atoms with van der Waals surface area (Å²) in [6.45, 7) is 2.74. The number of benzene rings is 1. The average molecular weight is 428 g/mol. The van der Waals surface area contributed by atoms with Crippen molar-refractivity contribution in [3.63, 3.8) is 0 Å². The predicted molar refractivity (Wildman–Crippen MR) is 112 cm³/mol. The van der Waals surface area contributed by atoms with Crippen molar-refractivity contribution in [2.45, 2.75) is 30.7 Å². The zero-order valence-corrected chi connectivity index (χ0v) is 17.7. The van der Waals surface area contributed by atoms with Crippen LogP contribution in [0.25, 0.3) is 0 Å². The van der Waals surface area contributed by atoms with Crippen LogP contribution in [0.4, 0.5) is 0 Å². The fraction of sp³-hybridized carbons (Fsp3) is 0.381. The molecular formula is C21H25N5O3S. The molecule has 30 heavy (non-hydrogen) atoms. The van der Waals surface area contributed by atoms with Crippen LogP contribution in [0.2, 0.25) is 0 Å². The number of sulfone groups is 1. The van der Waals surface area contributed by atoms with Crippen molar-refractivity contribution >= 4 is 9.84 Å². The van der Waals surface area contributed by atoms with Gasteiger partial charge in [-0.2, -0.15) is 5.10 Å². The lowest BCUT2D eigenvalue weighted by Crippen LogP contribution is -2.35. The lowest BCUT2D eigenvalue weighted by Gasteiger charge is -2.32. The van der Waals surface area contributed by atoms with E-state index in [0.717, 1.165) is 38.0 Å². The molecule has 0 saturated carbocycles. The molecule has 1 saturated heterocycles. The second-order valence-electron chi connectivity index (χ2n) is 7.71. The highest BCUT2D eigenvalue weighted by molar-refractivity contribution is 7.90. The maximum atomic E-state index is 11.9. The van der Waals surface area contributed by atoms with E-state index in [9.17, 15) is 8.42 Å². The zero-order chi connectivity index (χ0) is 21.0. The summed E-state index contributed by atoms with van der Waals surface area (Å²) in [5.74, 6) is 1.10. The van der Waals surface area contributed by atoms with E-state index >= 15 is 0 Å². The Morgan fingerprint density at radius 2 is 2.07 bits per heavy atom. The van der Waals surface area contributed by atoms with Gasteiger partial charge in [0, 0.05) is 31.7 Å². The lowest BCUT2D eigenvalue weighted by molar-refractivity contribution is 0.166. The van der Waals surface area contributed by atoms with Crippen LogP contribution in [0.1, 0.15) is 24.1 Å². The van der Waals surface area contributed by atoms with Crippen LogP contribution in [0, 0.1) is 5.92 Å². The molecule has 1 fully saturated rings. The summed E-state index contributed by atoms with van der Waals surface area (Å²) >= 11 is 0. The largest absolute Gasteiger partial charge is 0.424 e. The molecule has 1 N–H and O–H groups in total. The van der Waals surface area contributed by atoms with E-state index in [1.165, 1.54) is 12.5 Å². The second-order valence-corrected chi connectivity index (χ2v) is 9.70. The molecule has 0 bridgehead atoms. The molecule has 158 valence electrons. The molecule has 1 aromatic carbocycles. The van der Waals surface area contributed by atoms with Crippen molar-refractivity contribution in [1.29, 1.82) is 0 Å². The van der Waals surface area contributed by atoms with Crippen molar-refractivity contribution in [2.24, 2.45) is 5.92 Å². The highest BCUT2D eigenvalue weighted by Crippen LogP contribution is 2.25. The molecule has 9 heteroatoms. The van der Waals surface area contributed by atoms with Crippen molar-refractivity contribution in [2.75, 3.05) is 19.3 Å². The summed E-state index contributed by atoms with van der Waals surface area (Å²) in [7, 11) is -3.27. The number of H-pyrrole nitrogens is 1. The molecule has 0 aliphatic carbocycles. The van der Waals surface area contributed by atoms with Gasteiger partial charge in [0.1, 0.15) is 10.6 Å². The molecule has 2 aromatic heterocycles. The monoisotopic (exact) mass is 427 g/mol. The molecular weight excluding hydrogens is 402 g/mol. The van der Waals surface area contributed by atoms with E-state index in [0.29, 0.717) is 34.7 Å². The summed E-state index contributed by atoms with van der Waals surface area (Å²) < 4.78 is 29.6. The minimum absolute atomic E-state index is 0.313. The van der Waals surface area contributed by atoms with Gasteiger partial charge in [0.25, 0.3) is 0 Å². The highest BCUT2D eigenvalue weighted by atomic mass is 32.2. The third-order valence-electron chi connectivity index (χ3n) is 5.23. The van der Waals surface area contributed by atoms with Gasteiger partial charge in [-0.3, -0.25) is 10.00 Å². The van der Waals surface area contributed by atoms with E-state index in [-0.39, 0.29) is 0 Å². The Hall–Kier alpha value is -2.78. The molecule has 0 radical (unpaired) electrons. The smallest absolute Gasteiger partial charge is 0.321 e. The van der Waals surface area contributed by atoms with Crippen LogP contribution in [-0.2, 0) is 22.8 Å². The molecule has 0 unspecified atom stereocenters. The Kier molecular flexibility index (Phi) is 6.10. The fourth-order valence-electron chi connectivity index (χ4n) is 3.93. The number of hydrogen-bond donors (Lipinski definition) is 1. The molecule has 0 spiro atoms. The van der Waals surface area contributed by atoms with Crippen molar-refractivity contribution in [3.05, 3.63) is 60.2 Å². The van der Waals surface area contributed by atoms with Crippen LogP contribution >= 0.6 is 0 Å². The van der Waals surface area contributed by atoms with Crippen LogP contribution < -0.4 is 4.74 Å². The Morgan fingerprint density at radius 3 is 2.87 bits per heavy atom. The van der Waals surface area contributed by atoms with Crippen LogP contribution in [0.3, 0.4) is 0 Å². The third kappa shape index (κ3) is 5.22. The number of hydrogen-bond acceptors (Lipinski definition) is 7. The van der Waals surface area contributed by atoms with E-state index in [2.05, 4.69) is 31.1 Å². The van der Waals surface area contributed by atoms with Gasteiger partial charge < -0.3 is 4.74 Å². The summed E-state index contributed by atoms with van der Waals surface area (Å²) in [5.41, 5.74) is 1.87. The predicted octanol–water partition coefficient (Wildman–Crippen LogP) is 2.85.